The number of hydrogen-bond donors (Lipinski definition) is 3. The summed E-state index contributed by atoms with van der Waals surface area (Å²) in [5, 5.41) is 3.13. The first-order valence-electron chi connectivity index (χ1n) is 6.03. The highest BCUT2D eigenvalue weighted by Crippen LogP contribution is 2.18. The van der Waals surface area contributed by atoms with Crippen LogP contribution in [0.5, 0.6) is 5.75 Å². The Balaban J connectivity index is 1.89. The van der Waals surface area contributed by atoms with Gasteiger partial charge in [0.15, 0.2) is 5.16 Å². The van der Waals surface area contributed by atoms with Crippen LogP contribution in [-0.4, -0.2) is 28.7 Å². The zero-order valence-electron chi connectivity index (χ0n) is 11.4. The van der Waals surface area contributed by atoms with Gasteiger partial charge >= 0.3 is 0 Å². The van der Waals surface area contributed by atoms with E-state index in [0.29, 0.717) is 10.8 Å². The molecular weight excluding hydrogens is 290 g/mol. The Labute approximate surface area is 126 Å². The molecule has 5 N–H and O–H groups in total. The van der Waals surface area contributed by atoms with Crippen molar-refractivity contribution >= 4 is 35.0 Å². The molecule has 1 amide bonds. The van der Waals surface area contributed by atoms with Crippen LogP contribution < -0.4 is 21.5 Å². The van der Waals surface area contributed by atoms with Gasteiger partial charge < -0.3 is 21.5 Å². The largest absolute Gasteiger partial charge is 0.497 e. The second-order valence-corrected chi connectivity index (χ2v) is 5.01. The molecule has 7 nitrogen and oxygen atoms in total. The number of nitrogens with zero attached hydrogens (tertiary/aromatic N) is 2. The van der Waals surface area contributed by atoms with Gasteiger partial charge in [-0.3, -0.25) is 4.79 Å². The minimum atomic E-state index is -0.172. The van der Waals surface area contributed by atoms with Crippen LogP contribution in [0.15, 0.2) is 35.5 Å². The van der Waals surface area contributed by atoms with E-state index >= 15 is 0 Å². The first-order valence-corrected chi connectivity index (χ1v) is 7.02. The van der Waals surface area contributed by atoms with Crippen LogP contribution in [0, 0.1) is 0 Å². The van der Waals surface area contributed by atoms with Gasteiger partial charge in [0, 0.05) is 11.8 Å². The Morgan fingerprint density at radius 1 is 1.24 bits per heavy atom. The number of amides is 1. The molecule has 0 fully saturated rings. The molecule has 8 heteroatoms. The van der Waals surface area contributed by atoms with Crippen molar-refractivity contribution in [3.05, 3.63) is 30.3 Å². The monoisotopic (exact) mass is 305 g/mol. The van der Waals surface area contributed by atoms with Crippen LogP contribution >= 0.6 is 11.8 Å². The van der Waals surface area contributed by atoms with Crippen molar-refractivity contribution in [2.75, 3.05) is 29.6 Å². The van der Waals surface area contributed by atoms with E-state index in [9.17, 15) is 4.79 Å². The van der Waals surface area contributed by atoms with Crippen LogP contribution in [0.1, 0.15) is 0 Å². The fraction of sp³-hybridized carbons (Fsp3) is 0.154. The molecule has 0 aliphatic heterocycles. The molecule has 0 saturated heterocycles. The third-order valence-electron chi connectivity index (χ3n) is 2.45. The molecule has 1 aromatic carbocycles. The molecule has 1 heterocycles. The van der Waals surface area contributed by atoms with Gasteiger partial charge in [0.05, 0.1) is 12.9 Å². The lowest BCUT2D eigenvalue weighted by Crippen LogP contribution is -2.14. The molecule has 21 heavy (non-hydrogen) atoms. The number of benzene rings is 1. The highest BCUT2D eigenvalue weighted by molar-refractivity contribution is 7.99. The third kappa shape index (κ3) is 4.53. The average molecular weight is 305 g/mol. The lowest BCUT2D eigenvalue weighted by Gasteiger charge is -2.06. The number of aromatic nitrogens is 2. The molecule has 0 spiro atoms. The van der Waals surface area contributed by atoms with Crippen molar-refractivity contribution in [1.82, 2.24) is 9.97 Å². The van der Waals surface area contributed by atoms with E-state index in [1.54, 1.807) is 31.4 Å². The number of hydrogen-bond acceptors (Lipinski definition) is 7. The summed E-state index contributed by atoms with van der Waals surface area (Å²) in [5.41, 5.74) is 11.8. The standard InChI is InChI=1S/C13H15N5O2S/c1-20-9-4-2-8(3-5-9)16-12(19)7-21-13-17-10(14)6-11(15)18-13/h2-6H,7H2,1H3,(H,16,19)(H4,14,15,17,18). The smallest absolute Gasteiger partial charge is 0.234 e. The fourth-order valence-electron chi connectivity index (χ4n) is 1.53. The lowest BCUT2D eigenvalue weighted by atomic mass is 10.3. The van der Waals surface area contributed by atoms with E-state index in [1.807, 2.05) is 0 Å². The predicted octanol–water partition coefficient (Wildman–Crippen LogP) is 1.38. The quantitative estimate of drug-likeness (QED) is 0.564. The normalized spacial score (nSPS) is 10.1. The topological polar surface area (TPSA) is 116 Å². The van der Waals surface area contributed by atoms with Crippen molar-refractivity contribution in [2.45, 2.75) is 5.16 Å². The number of anilines is 3. The predicted molar refractivity (Wildman–Crippen MR) is 83.2 cm³/mol. The molecule has 2 rings (SSSR count). The molecule has 0 radical (unpaired) electrons. The molecule has 0 aliphatic rings. The molecule has 110 valence electrons. The second kappa shape index (κ2) is 6.80. The molecule has 1 aromatic heterocycles. The molecule has 0 saturated carbocycles. The van der Waals surface area contributed by atoms with Crippen LogP contribution in [0.2, 0.25) is 0 Å². The van der Waals surface area contributed by atoms with E-state index in [2.05, 4.69) is 15.3 Å². The van der Waals surface area contributed by atoms with Gasteiger partial charge in [0.1, 0.15) is 17.4 Å². The summed E-state index contributed by atoms with van der Waals surface area (Å²) in [7, 11) is 1.58. The Kier molecular flexibility index (Phi) is 4.83. The molecular formula is C13H15N5O2S. The Hall–Kier alpha value is -2.48. The Bertz CT molecular complexity index is 613. The average Bonchev–Trinajstić information content (AvgIpc) is 2.45. The van der Waals surface area contributed by atoms with Gasteiger partial charge in [-0.25, -0.2) is 9.97 Å². The van der Waals surface area contributed by atoms with Gasteiger partial charge in [-0.05, 0) is 24.3 Å². The summed E-state index contributed by atoms with van der Waals surface area (Å²) in [4.78, 5) is 19.8. The number of nitrogens with two attached hydrogens (primary N) is 2. The number of nitrogens with one attached hydrogen (secondary N) is 1. The summed E-state index contributed by atoms with van der Waals surface area (Å²) in [6.07, 6.45) is 0. The summed E-state index contributed by atoms with van der Waals surface area (Å²) in [6, 6.07) is 8.52. The van der Waals surface area contributed by atoms with E-state index in [-0.39, 0.29) is 23.3 Å². The maximum Gasteiger partial charge on any atom is 0.234 e. The minimum absolute atomic E-state index is 0.162. The van der Waals surface area contributed by atoms with Gasteiger partial charge in [0.2, 0.25) is 5.91 Å². The molecule has 2 aromatic rings. The maximum absolute atomic E-state index is 11.8. The Morgan fingerprint density at radius 3 is 2.43 bits per heavy atom. The van der Waals surface area contributed by atoms with Gasteiger partial charge in [-0.15, -0.1) is 0 Å². The molecule has 0 unspecified atom stereocenters. The number of thioether (sulfide) groups is 1. The zero-order valence-corrected chi connectivity index (χ0v) is 12.2. The molecule has 0 bridgehead atoms. The highest BCUT2D eigenvalue weighted by atomic mass is 32.2. The van der Waals surface area contributed by atoms with Crippen molar-refractivity contribution in [3.63, 3.8) is 0 Å². The first kappa shape index (κ1) is 14.9. The SMILES string of the molecule is COc1ccc(NC(=O)CSc2nc(N)cc(N)n2)cc1. The van der Waals surface area contributed by atoms with Crippen molar-refractivity contribution in [2.24, 2.45) is 0 Å². The van der Waals surface area contributed by atoms with Crippen LogP contribution in [0.4, 0.5) is 17.3 Å². The number of methoxy groups -OCH3 is 1. The third-order valence-corrected chi connectivity index (χ3v) is 3.30. The maximum atomic E-state index is 11.8. The second-order valence-electron chi connectivity index (χ2n) is 4.07. The summed E-state index contributed by atoms with van der Waals surface area (Å²) < 4.78 is 5.04. The van der Waals surface area contributed by atoms with Crippen molar-refractivity contribution in [1.29, 1.82) is 0 Å². The van der Waals surface area contributed by atoms with Gasteiger partial charge in [-0.1, -0.05) is 11.8 Å². The number of carbonyl (C=O) groups excluding carboxylic acids is 1. The molecule has 0 aliphatic carbocycles. The number of carbonyl (C=O) groups is 1. The van der Waals surface area contributed by atoms with E-state index < -0.39 is 0 Å². The van der Waals surface area contributed by atoms with Crippen LogP contribution in [0.25, 0.3) is 0 Å². The first-order chi connectivity index (χ1) is 10.1. The number of rotatable bonds is 5. The van der Waals surface area contributed by atoms with Crippen molar-refractivity contribution in [3.8, 4) is 5.75 Å². The van der Waals surface area contributed by atoms with E-state index in [1.165, 1.54) is 6.07 Å². The van der Waals surface area contributed by atoms with Crippen LogP contribution in [0.3, 0.4) is 0 Å². The van der Waals surface area contributed by atoms with E-state index in [4.69, 9.17) is 16.2 Å². The number of nitrogen functional groups attached to an aromatic ring is 2. The summed E-state index contributed by atoms with van der Waals surface area (Å²) >= 11 is 1.16. The lowest BCUT2D eigenvalue weighted by molar-refractivity contribution is -0.113. The Morgan fingerprint density at radius 2 is 1.86 bits per heavy atom. The number of ether oxygens (including phenoxy) is 1. The zero-order chi connectivity index (χ0) is 15.2. The molecule has 0 atom stereocenters. The summed E-state index contributed by atoms with van der Waals surface area (Å²) in [6.45, 7) is 0. The van der Waals surface area contributed by atoms with Gasteiger partial charge in [-0.2, -0.15) is 0 Å². The fourth-order valence-corrected chi connectivity index (χ4v) is 2.20. The summed E-state index contributed by atoms with van der Waals surface area (Å²) in [5.74, 6) is 1.27. The minimum Gasteiger partial charge on any atom is -0.497 e. The van der Waals surface area contributed by atoms with E-state index in [0.717, 1.165) is 17.5 Å². The highest BCUT2D eigenvalue weighted by Gasteiger charge is 2.07. The van der Waals surface area contributed by atoms with Gasteiger partial charge in [0.25, 0.3) is 0 Å². The van der Waals surface area contributed by atoms with Crippen LogP contribution in [-0.2, 0) is 4.79 Å². The van der Waals surface area contributed by atoms with Crippen molar-refractivity contribution < 1.29 is 9.53 Å².